The van der Waals surface area contributed by atoms with Gasteiger partial charge < -0.3 is 39.4 Å². The van der Waals surface area contributed by atoms with E-state index in [2.05, 4.69) is 141 Å². The lowest BCUT2D eigenvalue weighted by atomic mass is 9.78. The van der Waals surface area contributed by atoms with Gasteiger partial charge in [0.25, 0.3) is 11.8 Å². The Balaban J connectivity index is 0.000000174. The molecular formula is C54H76BBrN12O6Si2. The molecule has 406 valence electrons. The maximum Gasteiger partial charge on any atom is 0.497 e. The molecule has 7 heterocycles. The number of rotatable bonds is 14. The van der Waals surface area contributed by atoms with Crippen molar-refractivity contribution in [3.05, 3.63) is 89.3 Å². The molecule has 1 aliphatic heterocycles. The molecule has 1 saturated heterocycles. The SMILES string of the molecule is CC(C)(C)NC(=O)c1c[nH]c2ncc(-c3cccc4cnn(COCC[Si](C)(C)C)c34)nc12.CC(C)(C)NC(=O)c1c[nH]c2ncc(Br)nc12.CC1(C)OB(c2cccc3cnn(COCC[Si](C)(C)C)c23)OC1(C)C. The summed E-state index contributed by atoms with van der Waals surface area (Å²) in [5.41, 5.74) is 6.48. The third-order valence-corrected chi connectivity index (χ3v) is 16.5. The molecule has 2 amide bonds. The monoisotopic (exact) mass is 1130 g/mol. The molecule has 0 unspecified atom stereocenters. The van der Waals surface area contributed by atoms with Gasteiger partial charge in [-0.25, -0.2) is 29.3 Å². The molecule has 1 fully saturated rings. The molecule has 18 nitrogen and oxygen atoms in total. The van der Waals surface area contributed by atoms with E-state index in [4.69, 9.17) is 23.8 Å². The van der Waals surface area contributed by atoms with Crippen LogP contribution in [-0.4, -0.2) is 120 Å². The van der Waals surface area contributed by atoms with E-state index >= 15 is 0 Å². The molecule has 0 spiro atoms. The third kappa shape index (κ3) is 14.7. The first-order chi connectivity index (χ1) is 35.4. The second kappa shape index (κ2) is 22.8. The lowest BCUT2D eigenvalue weighted by molar-refractivity contribution is 0.00578. The number of H-pyrrole nitrogens is 2. The summed E-state index contributed by atoms with van der Waals surface area (Å²) in [4.78, 5) is 48.5. The van der Waals surface area contributed by atoms with E-state index in [9.17, 15) is 9.59 Å². The number of aromatic nitrogens is 10. The fourth-order valence-electron chi connectivity index (χ4n) is 7.99. The van der Waals surface area contributed by atoms with Crippen molar-refractivity contribution in [3.63, 3.8) is 0 Å². The van der Waals surface area contributed by atoms with E-state index in [0.29, 0.717) is 57.2 Å². The summed E-state index contributed by atoms with van der Waals surface area (Å²) in [7, 11) is -2.65. The first kappa shape index (κ1) is 58.1. The van der Waals surface area contributed by atoms with Crippen LogP contribution in [-0.2, 0) is 32.2 Å². The summed E-state index contributed by atoms with van der Waals surface area (Å²) in [6.45, 7) is 36.3. The molecule has 0 saturated carbocycles. The van der Waals surface area contributed by atoms with E-state index in [1.54, 1.807) is 24.8 Å². The lowest BCUT2D eigenvalue weighted by Crippen LogP contribution is -2.41. The Kier molecular flexibility index (Phi) is 17.4. The van der Waals surface area contributed by atoms with Crippen molar-refractivity contribution < 1.29 is 28.4 Å². The van der Waals surface area contributed by atoms with Crippen molar-refractivity contribution in [1.82, 2.24) is 60.1 Å². The summed E-state index contributed by atoms with van der Waals surface area (Å²) < 4.78 is 28.8. The number of aromatic amines is 2. The van der Waals surface area contributed by atoms with E-state index in [-0.39, 0.29) is 34.1 Å². The van der Waals surface area contributed by atoms with Crippen LogP contribution in [0.5, 0.6) is 0 Å². The minimum atomic E-state index is -1.15. The van der Waals surface area contributed by atoms with E-state index in [1.165, 1.54) is 0 Å². The molecule has 0 aliphatic carbocycles. The summed E-state index contributed by atoms with van der Waals surface area (Å²) >= 11 is 3.24. The van der Waals surface area contributed by atoms with Gasteiger partial charge in [-0.1, -0.05) is 75.7 Å². The molecule has 0 atom stereocenters. The van der Waals surface area contributed by atoms with Crippen LogP contribution in [0.4, 0.5) is 0 Å². The quantitative estimate of drug-likeness (QED) is 0.0591. The number of nitrogens with one attached hydrogen (secondary N) is 4. The molecule has 9 rings (SSSR count). The number of carbonyl (C=O) groups is 2. The highest BCUT2D eigenvalue weighted by Crippen LogP contribution is 2.37. The van der Waals surface area contributed by atoms with Crippen LogP contribution in [0.3, 0.4) is 0 Å². The number of ether oxygens (including phenoxy) is 2. The van der Waals surface area contributed by atoms with Crippen LogP contribution in [0, 0.1) is 0 Å². The van der Waals surface area contributed by atoms with Gasteiger partial charge in [-0.2, -0.15) is 10.2 Å². The van der Waals surface area contributed by atoms with E-state index in [1.807, 2.05) is 87.6 Å². The molecule has 2 aromatic carbocycles. The third-order valence-electron chi connectivity index (χ3n) is 12.8. The molecular weight excluding hydrogens is 1060 g/mol. The summed E-state index contributed by atoms with van der Waals surface area (Å²) in [6.07, 6.45) is 10.3. The van der Waals surface area contributed by atoms with Gasteiger partial charge >= 0.3 is 7.12 Å². The molecule has 76 heavy (non-hydrogen) atoms. The highest BCUT2D eigenvalue weighted by molar-refractivity contribution is 9.10. The molecule has 0 radical (unpaired) electrons. The van der Waals surface area contributed by atoms with E-state index < -0.39 is 23.3 Å². The largest absolute Gasteiger partial charge is 0.497 e. The Bertz CT molecular complexity index is 3310. The molecule has 6 aromatic heterocycles. The van der Waals surface area contributed by atoms with Gasteiger partial charge in [0.2, 0.25) is 0 Å². The number of benzene rings is 2. The van der Waals surface area contributed by atoms with Gasteiger partial charge in [0.15, 0.2) is 11.3 Å². The minimum Gasteiger partial charge on any atom is -0.399 e. The average Bonchev–Trinajstić information content (AvgIpc) is 4.14. The van der Waals surface area contributed by atoms with Crippen molar-refractivity contribution in [2.75, 3.05) is 13.2 Å². The van der Waals surface area contributed by atoms with Crippen molar-refractivity contribution in [1.29, 1.82) is 0 Å². The number of halogens is 1. The highest BCUT2D eigenvalue weighted by Gasteiger charge is 2.52. The summed E-state index contributed by atoms with van der Waals surface area (Å²) in [5.74, 6) is -0.338. The molecule has 8 aromatic rings. The van der Waals surface area contributed by atoms with Crippen LogP contribution in [0.25, 0.3) is 55.4 Å². The standard InChI is InChI=1S/C24H32N6O2Si.C19H31BN2O3Si.C11H13BrN4O/c1-24(2,3)29-23(31)18-13-25-22-20(18)28-19(14-26-22)17-9-7-8-16-12-27-30(21(16)17)15-32-10-11-33(4,5)6;1-18(2)19(3,4)25-20(24-18)16-10-8-9-15-13-21-22(17(15)16)14-23-11-12-26(5,6)7;1-11(2,3)16-10(17)6-4-13-9-8(6)15-7(12)5-14-9/h7-9,12-14H,10-11,15H2,1-6H3,(H,25,26)(H,29,31);8-10,13H,11-12,14H2,1-7H3;4-5H,1-3H3,(H,13,14)(H,16,17). The van der Waals surface area contributed by atoms with Crippen molar-refractivity contribution in [2.45, 2.75) is 156 Å². The van der Waals surface area contributed by atoms with Gasteiger partial charge in [0.1, 0.15) is 29.1 Å². The Labute approximate surface area is 456 Å². The first-order valence-electron chi connectivity index (χ1n) is 25.8. The molecule has 4 N–H and O–H groups in total. The smallest absolute Gasteiger partial charge is 0.399 e. The lowest BCUT2D eigenvalue weighted by Gasteiger charge is -2.32. The topological polar surface area (TPSA) is 214 Å². The number of amides is 2. The Morgan fingerprint density at radius 2 is 1.13 bits per heavy atom. The van der Waals surface area contributed by atoms with Crippen LogP contribution >= 0.6 is 15.9 Å². The Morgan fingerprint density at radius 1 is 0.671 bits per heavy atom. The number of hydrogen-bond donors (Lipinski definition) is 4. The predicted molar refractivity (Wildman–Crippen MR) is 312 cm³/mol. The zero-order valence-electron chi connectivity index (χ0n) is 47.2. The maximum atomic E-state index is 12.8. The second-order valence-electron chi connectivity index (χ2n) is 24.8. The predicted octanol–water partition coefficient (Wildman–Crippen LogP) is 10.7. The zero-order chi connectivity index (χ0) is 55.6. The zero-order valence-corrected chi connectivity index (χ0v) is 50.7. The van der Waals surface area contributed by atoms with Crippen LogP contribution in [0.2, 0.25) is 51.4 Å². The van der Waals surface area contributed by atoms with Crippen molar-refractivity contribution in [3.8, 4) is 11.3 Å². The number of para-hydroxylation sites is 2. The molecule has 1 aliphatic rings. The molecule has 22 heteroatoms. The number of carbonyl (C=O) groups excluding carboxylic acids is 2. The van der Waals surface area contributed by atoms with Gasteiger partial charge in [-0.05, 0) is 97.3 Å². The number of hydrogen-bond acceptors (Lipinski definition) is 12. The van der Waals surface area contributed by atoms with Gasteiger partial charge in [-0.3, -0.25) is 9.59 Å². The van der Waals surface area contributed by atoms with Crippen molar-refractivity contribution >= 4 is 101 Å². The number of fused-ring (bicyclic) bond motifs is 4. The average molecular weight is 1140 g/mol. The van der Waals surface area contributed by atoms with Crippen LogP contribution < -0.4 is 16.1 Å². The van der Waals surface area contributed by atoms with Gasteiger partial charge in [-0.15, -0.1) is 0 Å². The summed E-state index contributed by atoms with van der Waals surface area (Å²) in [6, 6.07) is 14.4. The normalized spacial score (nSPS) is 14.7. The fraction of sp³-hybridized carbons (Fsp3) is 0.481. The second-order valence-corrected chi connectivity index (χ2v) is 36.8. The van der Waals surface area contributed by atoms with Crippen LogP contribution in [0.1, 0.15) is 90.0 Å². The fourth-order valence-corrected chi connectivity index (χ4v) is 9.78. The highest BCUT2D eigenvalue weighted by atomic mass is 79.9. The Morgan fingerprint density at radius 3 is 1.63 bits per heavy atom. The van der Waals surface area contributed by atoms with Gasteiger partial charge in [0, 0.05) is 74.6 Å². The van der Waals surface area contributed by atoms with E-state index in [0.717, 1.165) is 58.1 Å². The maximum absolute atomic E-state index is 12.8. The summed E-state index contributed by atoms with van der Waals surface area (Å²) in [5, 5.41) is 17.0. The Hall–Kier alpha value is -5.62. The number of nitrogens with zero attached hydrogens (tertiary/aromatic N) is 8. The van der Waals surface area contributed by atoms with Crippen LogP contribution in [0.15, 0.2) is 78.2 Å². The minimum absolute atomic E-state index is 0.156. The van der Waals surface area contributed by atoms with Crippen molar-refractivity contribution in [2.24, 2.45) is 0 Å². The van der Waals surface area contributed by atoms with Gasteiger partial charge in [0.05, 0.1) is 63.8 Å². The first-order valence-corrected chi connectivity index (χ1v) is 34.0. The molecule has 0 bridgehead atoms.